The van der Waals surface area contributed by atoms with Crippen molar-refractivity contribution >= 4 is 23.4 Å². The van der Waals surface area contributed by atoms with Crippen LogP contribution in [0.5, 0.6) is 0 Å². The van der Waals surface area contributed by atoms with Gasteiger partial charge in [0.1, 0.15) is 11.4 Å². The average Bonchev–Trinajstić information content (AvgIpc) is 3.28. The maximum atomic E-state index is 13.6. The lowest BCUT2D eigenvalue weighted by molar-refractivity contribution is -0.155. The summed E-state index contributed by atoms with van der Waals surface area (Å²) >= 11 is 5.97. The van der Waals surface area contributed by atoms with Crippen molar-refractivity contribution in [2.75, 3.05) is 6.54 Å². The maximum Gasteiger partial charge on any atom is 0.246 e. The number of benzene rings is 1. The fourth-order valence-electron chi connectivity index (χ4n) is 2.96. The molecule has 1 aliphatic carbocycles. The smallest absolute Gasteiger partial charge is 0.246 e. The van der Waals surface area contributed by atoms with Gasteiger partial charge in [0.15, 0.2) is 0 Å². The summed E-state index contributed by atoms with van der Waals surface area (Å²) in [6.07, 6.45) is 1.84. The lowest BCUT2D eigenvalue weighted by Crippen LogP contribution is -2.66. The van der Waals surface area contributed by atoms with E-state index in [9.17, 15) is 14.0 Å². The van der Waals surface area contributed by atoms with Crippen molar-refractivity contribution in [1.82, 2.24) is 10.2 Å². The van der Waals surface area contributed by atoms with Gasteiger partial charge in [-0.25, -0.2) is 4.39 Å². The van der Waals surface area contributed by atoms with E-state index in [1.54, 1.807) is 24.0 Å². The molecular formula is C15H16ClFN2O2. The van der Waals surface area contributed by atoms with Gasteiger partial charge in [-0.1, -0.05) is 23.7 Å². The second kappa shape index (κ2) is 4.98. The van der Waals surface area contributed by atoms with Crippen LogP contribution < -0.4 is 5.32 Å². The number of carbonyl (C=O) groups excluding carboxylic acids is 2. The Kier molecular flexibility index (Phi) is 3.40. The largest absolute Gasteiger partial charge is 0.345 e. The third-order valence-electron chi connectivity index (χ3n) is 4.45. The molecule has 1 aliphatic heterocycles. The van der Waals surface area contributed by atoms with E-state index in [2.05, 4.69) is 5.32 Å². The second-order valence-electron chi connectivity index (χ2n) is 5.80. The van der Waals surface area contributed by atoms with Crippen LogP contribution in [0, 0.1) is 11.7 Å². The summed E-state index contributed by atoms with van der Waals surface area (Å²) in [7, 11) is 0. The lowest BCUT2D eigenvalue weighted by atomic mass is 9.89. The zero-order valence-electron chi connectivity index (χ0n) is 11.7. The Bertz CT molecular complexity index is 618. The van der Waals surface area contributed by atoms with Crippen molar-refractivity contribution in [3.05, 3.63) is 34.6 Å². The van der Waals surface area contributed by atoms with Gasteiger partial charge >= 0.3 is 0 Å². The van der Waals surface area contributed by atoms with Crippen molar-refractivity contribution in [2.45, 2.75) is 31.8 Å². The number of halogens is 2. The molecule has 2 fully saturated rings. The number of carbonyl (C=O) groups is 2. The Hall–Kier alpha value is -1.62. The quantitative estimate of drug-likeness (QED) is 0.929. The van der Waals surface area contributed by atoms with Crippen molar-refractivity contribution in [1.29, 1.82) is 0 Å². The first-order chi connectivity index (χ1) is 9.94. The molecule has 0 bridgehead atoms. The van der Waals surface area contributed by atoms with Crippen molar-refractivity contribution in [2.24, 2.45) is 5.92 Å². The Labute approximate surface area is 127 Å². The summed E-state index contributed by atoms with van der Waals surface area (Å²) < 4.78 is 13.6. The molecule has 1 aromatic rings. The molecular weight excluding hydrogens is 295 g/mol. The normalized spacial score (nSPS) is 26.0. The van der Waals surface area contributed by atoms with E-state index in [0.717, 1.165) is 12.8 Å². The van der Waals surface area contributed by atoms with E-state index in [1.165, 1.54) is 6.07 Å². The number of hydrogen-bond donors (Lipinski definition) is 1. The Morgan fingerprint density at radius 3 is 2.81 bits per heavy atom. The lowest BCUT2D eigenvalue weighted by Gasteiger charge is -2.44. The first-order valence-corrected chi connectivity index (χ1v) is 7.34. The molecule has 21 heavy (non-hydrogen) atoms. The van der Waals surface area contributed by atoms with Gasteiger partial charge in [0.2, 0.25) is 11.8 Å². The molecule has 0 aromatic heterocycles. The van der Waals surface area contributed by atoms with Gasteiger partial charge < -0.3 is 10.2 Å². The van der Waals surface area contributed by atoms with Crippen LogP contribution in [0.3, 0.4) is 0 Å². The molecule has 3 rings (SSSR count). The minimum absolute atomic E-state index is 0.00873. The summed E-state index contributed by atoms with van der Waals surface area (Å²) in [5, 5.41) is 2.66. The molecule has 2 amide bonds. The number of amides is 2. The minimum atomic E-state index is -0.870. The van der Waals surface area contributed by atoms with Crippen LogP contribution in [-0.2, 0) is 16.1 Å². The molecule has 0 spiro atoms. The number of nitrogens with one attached hydrogen (secondary N) is 1. The Morgan fingerprint density at radius 1 is 1.43 bits per heavy atom. The standard InChI is InChI=1S/C15H16ClFN2O2/c1-15(10-5-6-10)14(21)18-7-12(20)19(15)8-9-3-2-4-11(17)13(9)16/h2-4,10H,5-8H2,1H3,(H,18,21). The fourth-order valence-corrected chi connectivity index (χ4v) is 3.14. The van der Waals surface area contributed by atoms with Crippen LogP contribution in [0.2, 0.25) is 5.02 Å². The number of hydrogen-bond acceptors (Lipinski definition) is 2. The van der Waals surface area contributed by atoms with Crippen LogP contribution in [0.4, 0.5) is 4.39 Å². The zero-order chi connectivity index (χ0) is 15.2. The van der Waals surface area contributed by atoms with Gasteiger partial charge in [-0.3, -0.25) is 9.59 Å². The first-order valence-electron chi connectivity index (χ1n) is 6.96. The fraction of sp³-hybridized carbons (Fsp3) is 0.467. The molecule has 6 heteroatoms. The molecule has 1 atom stereocenters. The third-order valence-corrected chi connectivity index (χ3v) is 4.88. The minimum Gasteiger partial charge on any atom is -0.345 e. The molecule has 4 nitrogen and oxygen atoms in total. The summed E-state index contributed by atoms with van der Waals surface area (Å²) in [6.45, 7) is 1.91. The van der Waals surface area contributed by atoms with Gasteiger partial charge in [-0.2, -0.15) is 0 Å². The third kappa shape index (κ3) is 2.29. The predicted octanol–water partition coefficient (Wildman–Crippen LogP) is 2.11. The number of nitrogens with zero attached hydrogens (tertiary/aromatic N) is 1. The monoisotopic (exact) mass is 310 g/mol. The SMILES string of the molecule is CC1(C2CC2)C(=O)NCC(=O)N1Cc1cccc(F)c1Cl. The van der Waals surface area contributed by atoms with Crippen LogP contribution >= 0.6 is 11.6 Å². The van der Waals surface area contributed by atoms with Crippen LogP contribution in [0.1, 0.15) is 25.3 Å². The van der Waals surface area contributed by atoms with E-state index in [-0.39, 0.29) is 35.8 Å². The Morgan fingerprint density at radius 2 is 2.14 bits per heavy atom. The highest BCUT2D eigenvalue weighted by atomic mass is 35.5. The van der Waals surface area contributed by atoms with Crippen LogP contribution in [0.15, 0.2) is 18.2 Å². The zero-order valence-corrected chi connectivity index (χ0v) is 12.4. The molecule has 1 aromatic carbocycles. The predicted molar refractivity (Wildman–Crippen MR) is 76.1 cm³/mol. The summed E-state index contributed by atoms with van der Waals surface area (Å²) in [5.74, 6) is -0.660. The summed E-state index contributed by atoms with van der Waals surface area (Å²) in [5.41, 5.74) is -0.350. The topological polar surface area (TPSA) is 49.4 Å². The van der Waals surface area contributed by atoms with E-state index in [1.807, 2.05) is 0 Å². The molecule has 112 valence electrons. The first kappa shape index (κ1) is 14.3. The number of rotatable bonds is 3. The van der Waals surface area contributed by atoms with Crippen molar-refractivity contribution in [3.8, 4) is 0 Å². The highest BCUT2D eigenvalue weighted by molar-refractivity contribution is 6.31. The van der Waals surface area contributed by atoms with Crippen molar-refractivity contribution in [3.63, 3.8) is 0 Å². The van der Waals surface area contributed by atoms with Crippen LogP contribution in [-0.4, -0.2) is 28.8 Å². The number of piperazine rings is 1. The average molecular weight is 311 g/mol. The molecule has 2 aliphatic rings. The van der Waals surface area contributed by atoms with E-state index in [0.29, 0.717) is 5.56 Å². The van der Waals surface area contributed by atoms with Crippen LogP contribution in [0.25, 0.3) is 0 Å². The van der Waals surface area contributed by atoms with E-state index >= 15 is 0 Å². The van der Waals surface area contributed by atoms with Crippen molar-refractivity contribution < 1.29 is 14.0 Å². The maximum absolute atomic E-state index is 13.6. The van der Waals surface area contributed by atoms with Gasteiger partial charge in [0, 0.05) is 6.54 Å². The van der Waals surface area contributed by atoms with Gasteiger partial charge in [-0.15, -0.1) is 0 Å². The van der Waals surface area contributed by atoms with E-state index < -0.39 is 11.4 Å². The van der Waals surface area contributed by atoms with Gasteiger partial charge in [0.05, 0.1) is 11.6 Å². The second-order valence-corrected chi connectivity index (χ2v) is 6.18. The Balaban J connectivity index is 1.95. The molecule has 1 saturated carbocycles. The molecule has 1 N–H and O–H groups in total. The van der Waals surface area contributed by atoms with Gasteiger partial charge in [0.25, 0.3) is 0 Å². The summed E-state index contributed by atoms with van der Waals surface area (Å²) in [4.78, 5) is 26.1. The molecule has 1 saturated heterocycles. The molecule has 1 heterocycles. The van der Waals surface area contributed by atoms with E-state index in [4.69, 9.17) is 11.6 Å². The molecule has 0 radical (unpaired) electrons. The summed E-state index contributed by atoms with van der Waals surface area (Å²) in [6, 6.07) is 4.51. The molecule has 1 unspecified atom stereocenters. The highest BCUT2D eigenvalue weighted by Crippen LogP contribution is 2.45. The highest BCUT2D eigenvalue weighted by Gasteiger charge is 2.54. The van der Waals surface area contributed by atoms with Gasteiger partial charge in [-0.05, 0) is 37.3 Å².